The molecule has 0 saturated heterocycles. The van der Waals surface area contributed by atoms with E-state index in [9.17, 15) is 0 Å². The van der Waals surface area contributed by atoms with Crippen LogP contribution in [0.3, 0.4) is 0 Å². The Kier molecular flexibility index (Phi) is 3.47. The van der Waals surface area contributed by atoms with Gasteiger partial charge in [0.1, 0.15) is 12.0 Å². The monoisotopic (exact) mass is 240 g/mol. The SMILES string of the molecule is Cn1cnc(-c2ccc(SOOO)cn2)n1. The van der Waals surface area contributed by atoms with E-state index in [0.29, 0.717) is 16.4 Å². The maximum atomic E-state index is 7.98. The average molecular weight is 240 g/mol. The molecule has 7 nitrogen and oxygen atoms in total. The summed E-state index contributed by atoms with van der Waals surface area (Å²) >= 11 is 0.849. The second-order valence-electron chi connectivity index (χ2n) is 2.85. The van der Waals surface area contributed by atoms with Crippen LogP contribution in [0.2, 0.25) is 0 Å². The molecule has 0 aliphatic rings. The highest BCUT2D eigenvalue weighted by atomic mass is 32.2. The molecule has 1 N–H and O–H groups in total. The van der Waals surface area contributed by atoms with Gasteiger partial charge in [-0.25, -0.2) is 10.2 Å². The van der Waals surface area contributed by atoms with Crippen LogP contribution in [0.25, 0.3) is 11.5 Å². The first-order valence-corrected chi connectivity index (χ1v) is 5.00. The first kappa shape index (κ1) is 11.0. The molecule has 0 aliphatic heterocycles. The summed E-state index contributed by atoms with van der Waals surface area (Å²) in [6.07, 6.45) is 3.16. The largest absolute Gasteiger partial charge is 0.255 e. The van der Waals surface area contributed by atoms with Crippen LogP contribution in [0.15, 0.2) is 29.6 Å². The van der Waals surface area contributed by atoms with Gasteiger partial charge in [0.15, 0.2) is 5.82 Å². The summed E-state index contributed by atoms with van der Waals surface area (Å²) in [5, 5.41) is 15.6. The molecule has 84 valence electrons. The van der Waals surface area contributed by atoms with Crippen molar-refractivity contribution in [2.45, 2.75) is 4.90 Å². The minimum atomic E-state index is 0.554. The van der Waals surface area contributed by atoms with Gasteiger partial charge >= 0.3 is 0 Å². The first-order valence-electron chi connectivity index (χ1n) is 4.26. The predicted molar refractivity (Wildman–Crippen MR) is 54.9 cm³/mol. The maximum Gasteiger partial charge on any atom is 0.199 e. The molecule has 2 rings (SSSR count). The summed E-state index contributed by atoms with van der Waals surface area (Å²) < 4.78 is 5.87. The normalized spacial score (nSPS) is 10.6. The van der Waals surface area contributed by atoms with Crippen molar-refractivity contribution in [3.63, 3.8) is 0 Å². The van der Waals surface area contributed by atoms with E-state index in [0.717, 1.165) is 12.0 Å². The van der Waals surface area contributed by atoms with Gasteiger partial charge in [0, 0.05) is 13.2 Å². The van der Waals surface area contributed by atoms with Crippen molar-refractivity contribution in [3.8, 4) is 11.5 Å². The molecule has 0 bridgehead atoms. The molecule has 0 amide bonds. The third-order valence-electron chi connectivity index (χ3n) is 1.73. The van der Waals surface area contributed by atoms with Gasteiger partial charge < -0.3 is 0 Å². The number of nitrogens with zero attached hydrogens (tertiary/aromatic N) is 4. The van der Waals surface area contributed by atoms with Crippen LogP contribution in [0.5, 0.6) is 0 Å². The standard InChI is InChI=1S/C8H8N4O3S/c1-12-5-10-8(11-12)7-3-2-6(4-9-7)16-15-14-13/h2-5,13H,1H3. The van der Waals surface area contributed by atoms with E-state index in [1.165, 1.54) is 0 Å². The van der Waals surface area contributed by atoms with Crippen LogP contribution in [0, 0.1) is 0 Å². The number of aromatic nitrogens is 4. The molecule has 0 radical (unpaired) electrons. The number of aryl methyl sites for hydroxylation is 1. The van der Waals surface area contributed by atoms with Gasteiger partial charge in [0.2, 0.25) is 0 Å². The molecule has 2 heterocycles. The third-order valence-corrected chi connectivity index (χ3v) is 2.29. The summed E-state index contributed by atoms with van der Waals surface area (Å²) in [7, 11) is 1.78. The Morgan fingerprint density at radius 2 is 2.25 bits per heavy atom. The number of hydrogen-bond donors (Lipinski definition) is 1. The van der Waals surface area contributed by atoms with E-state index in [2.05, 4.69) is 24.4 Å². The molecule has 2 aromatic rings. The Balaban J connectivity index is 2.13. The fraction of sp³-hybridized carbons (Fsp3) is 0.125. The molecular formula is C8H8N4O3S. The molecule has 0 aromatic carbocycles. The lowest BCUT2D eigenvalue weighted by Gasteiger charge is -1.98. The molecule has 0 atom stereocenters. The molecule has 8 heteroatoms. The third kappa shape index (κ3) is 2.55. The van der Waals surface area contributed by atoms with Crippen molar-refractivity contribution in [1.29, 1.82) is 0 Å². The fourth-order valence-electron chi connectivity index (χ4n) is 1.07. The quantitative estimate of drug-likeness (QED) is 0.490. The van der Waals surface area contributed by atoms with E-state index >= 15 is 0 Å². The Hall–Kier alpha value is -1.48. The topological polar surface area (TPSA) is 82.3 Å². The zero-order valence-corrected chi connectivity index (χ0v) is 9.09. The summed E-state index contributed by atoms with van der Waals surface area (Å²) in [5.41, 5.74) is 0.662. The second kappa shape index (κ2) is 5.03. The Morgan fingerprint density at radius 1 is 1.38 bits per heavy atom. The molecule has 0 aliphatic carbocycles. The van der Waals surface area contributed by atoms with Crippen molar-refractivity contribution in [3.05, 3.63) is 24.7 Å². The highest BCUT2D eigenvalue weighted by Crippen LogP contribution is 2.20. The molecule has 0 saturated carbocycles. The molecule has 2 aromatic heterocycles. The minimum absolute atomic E-state index is 0.554. The van der Waals surface area contributed by atoms with Crippen LogP contribution < -0.4 is 0 Å². The Bertz CT molecular complexity index is 459. The minimum Gasteiger partial charge on any atom is -0.255 e. The molecule has 0 unspecified atom stereocenters. The van der Waals surface area contributed by atoms with Gasteiger partial charge in [-0.05, 0) is 12.1 Å². The summed E-state index contributed by atoms with van der Waals surface area (Å²) in [6, 6.07) is 3.50. The van der Waals surface area contributed by atoms with Crippen molar-refractivity contribution in [1.82, 2.24) is 19.7 Å². The van der Waals surface area contributed by atoms with Gasteiger partial charge in [-0.3, -0.25) is 9.67 Å². The average Bonchev–Trinajstić information content (AvgIpc) is 2.74. The van der Waals surface area contributed by atoms with Crippen LogP contribution in [0.1, 0.15) is 0 Å². The van der Waals surface area contributed by atoms with Gasteiger partial charge in [0.25, 0.3) is 0 Å². The summed E-state index contributed by atoms with van der Waals surface area (Å²) in [5.74, 6) is 0.554. The van der Waals surface area contributed by atoms with E-state index in [1.807, 2.05) is 0 Å². The van der Waals surface area contributed by atoms with Gasteiger partial charge in [-0.2, -0.15) is 0 Å². The van der Waals surface area contributed by atoms with Gasteiger partial charge in [-0.15, -0.1) is 9.43 Å². The zero-order valence-electron chi connectivity index (χ0n) is 8.27. The maximum absolute atomic E-state index is 7.98. The lowest BCUT2D eigenvalue weighted by molar-refractivity contribution is -0.432. The van der Waals surface area contributed by atoms with Gasteiger partial charge in [0.05, 0.1) is 16.9 Å². The van der Waals surface area contributed by atoms with Crippen LogP contribution >= 0.6 is 12.0 Å². The van der Waals surface area contributed by atoms with E-state index < -0.39 is 0 Å². The predicted octanol–water partition coefficient (Wildman–Crippen LogP) is 1.31. The highest BCUT2D eigenvalue weighted by Gasteiger charge is 2.04. The van der Waals surface area contributed by atoms with E-state index in [1.54, 1.807) is 36.4 Å². The summed E-state index contributed by atoms with van der Waals surface area (Å²) in [6.45, 7) is 0. The van der Waals surface area contributed by atoms with Crippen molar-refractivity contribution in [2.75, 3.05) is 0 Å². The molecule has 16 heavy (non-hydrogen) atoms. The van der Waals surface area contributed by atoms with E-state index in [4.69, 9.17) is 5.26 Å². The van der Waals surface area contributed by atoms with Crippen LogP contribution in [-0.4, -0.2) is 25.0 Å². The number of hydrogen-bond acceptors (Lipinski definition) is 7. The van der Waals surface area contributed by atoms with Crippen LogP contribution in [-0.2, 0) is 16.4 Å². The Morgan fingerprint density at radius 3 is 2.81 bits per heavy atom. The number of pyridine rings is 1. The lowest BCUT2D eigenvalue weighted by atomic mass is 10.3. The van der Waals surface area contributed by atoms with Crippen LogP contribution in [0.4, 0.5) is 0 Å². The van der Waals surface area contributed by atoms with E-state index in [-0.39, 0.29) is 0 Å². The lowest BCUT2D eigenvalue weighted by Crippen LogP contribution is -1.90. The van der Waals surface area contributed by atoms with Crippen molar-refractivity contribution >= 4 is 12.0 Å². The number of rotatable bonds is 4. The van der Waals surface area contributed by atoms with Gasteiger partial charge in [-0.1, -0.05) is 5.04 Å². The van der Waals surface area contributed by atoms with Crippen molar-refractivity contribution in [2.24, 2.45) is 7.05 Å². The Labute approximate surface area is 95.1 Å². The molecular weight excluding hydrogens is 232 g/mol. The van der Waals surface area contributed by atoms with Crippen molar-refractivity contribution < 1.29 is 14.6 Å². The second-order valence-corrected chi connectivity index (χ2v) is 3.62. The molecule has 0 spiro atoms. The summed E-state index contributed by atoms with van der Waals surface area (Å²) in [4.78, 5) is 8.89. The fourth-order valence-corrected chi connectivity index (χ4v) is 1.40. The first-order chi connectivity index (χ1) is 7.79. The molecule has 0 fully saturated rings. The smallest absolute Gasteiger partial charge is 0.199 e. The zero-order chi connectivity index (χ0) is 11.4. The highest BCUT2D eigenvalue weighted by molar-refractivity contribution is 7.94.